The molecule has 0 unspecified atom stereocenters. The van der Waals surface area contributed by atoms with Crippen molar-refractivity contribution in [2.45, 2.75) is 11.6 Å². The van der Waals surface area contributed by atoms with Crippen molar-refractivity contribution in [2.24, 2.45) is 0 Å². The average molecular weight is 271 g/mol. The van der Waals surface area contributed by atoms with Gasteiger partial charge in [-0.3, -0.25) is 0 Å². The molecule has 0 amide bonds. The molecule has 8 heteroatoms. The van der Waals surface area contributed by atoms with Gasteiger partial charge in [-0.05, 0) is 24.3 Å². The SMILES string of the molecule is O=C(O)c1ccc(S(=O)(=O)NCc2ccco2)o1. The summed E-state index contributed by atoms with van der Waals surface area (Å²) in [6.07, 6.45) is 1.42. The lowest BCUT2D eigenvalue weighted by Gasteiger charge is -2.01. The smallest absolute Gasteiger partial charge is 0.371 e. The lowest BCUT2D eigenvalue weighted by molar-refractivity contribution is 0.0656. The molecule has 0 fully saturated rings. The van der Waals surface area contributed by atoms with Crippen LogP contribution in [0.3, 0.4) is 0 Å². The van der Waals surface area contributed by atoms with Crippen LogP contribution in [0.1, 0.15) is 16.3 Å². The molecule has 7 nitrogen and oxygen atoms in total. The van der Waals surface area contributed by atoms with Crippen molar-refractivity contribution in [2.75, 3.05) is 0 Å². The van der Waals surface area contributed by atoms with Crippen LogP contribution in [0, 0.1) is 0 Å². The summed E-state index contributed by atoms with van der Waals surface area (Å²) >= 11 is 0. The first-order chi connectivity index (χ1) is 8.49. The highest BCUT2D eigenvalue weighted by Crippen LogP contribution is 2.14. The maximum Gasteiger partial charge on any atom is 0.371 e. The molecule has 2 N–H and O–H groups in total. The van der Waals surface area contributed by atoms with Gasteiger partial charge in [0.15, 0.2) is 0 Å². The zero-order valence-electron chi connectivity index (χ0n) is 8.99. The van der Waals surface area contributed by atoms with Crippen molar-refractivity contribution in [1.82, 2.24) is 4.72 Å². The van der Waals surface area contributed by atoms with Gasteiger partial charge in [-0.15, -0.1) is 0 Å². The summed E-state index contributed by atoms with van der Waals surface area (Å²) in [5, 5.41) is 8.17. The van der Waals surface area contributed by atoms with Crippen molar-refractivity contribution in [3.05, 3.63) is 42.0 Å². The van der Waals surface area contributed by atoms with Gasteiger partial charge in [0, 0.05) is 0 Å². The van der Waals surface area contributed by atoms with Crippen LogP contribution >= 0.6 is 0 Å². The molecule has 0 aliphatic carbocycles. The Morgan fingerprint density at radius 3 is 2.67 bits per heavy atom. The van der Waals surface area contributed by atoms with E-state index in [9.17, 15) is 13.2 Å². The Morgan fingerprint density at radius 1 is 1.33 bits per heavy atom. The Kier molecular flexibility index (Phi) is 3.21. The number of rotatable bonds is 5. The molecule has 18 heavy (non-hydrogen) atoms. The fraction of sp³-hybridized carbons (Fsp3) is 0.100. The van der Waals surface area contributed by atoms with E-state index < -0.39 is 26.8 Å². The third kappa shape index (κ3) is 2.60. The van der Waals surface area contributed by atoms with Gasteiger partial charge in [-0.25, -0.2) is 17.9 Å². The minimum absolute atomic E-state index is 0.0432. The van der Waals surface area contributed by atoms with Crippen LogP contribution < -0.4 is 4.72 Å². The number of carboxylic acid groups (broad SMARTS) is 1. The van der Waals surface area contributed by atoms with E-state index in [0.29, 0.717) is 5.76 Å². The van der Waals surface area contributed by atoms with Crippen molar-refractivity contribution in [1.29, 1.82) is 0 Å². The Bertz CT molecular complexity index is 640. The summed E-state index contributed by atoms with van der Waals surface area (Å²) < 4.78 is 35.3. The number of carbonyl (C=O) groups is 1. The summed E-state index contributed by atoms with van der Waals surface area (Å²) in [6, 6.07) is 5.38. The second-order valence-corrected chi connectivity index (χ2v) is 5.03. The molecule has 0 aliphatic heterocycles. The van der Waals surface area contributed by atoms with Crippen LogP contribution in [-0.2, 0) is 16.6 Å². The molecule has 2 heterocycles. The first-order valence-electron chi connectivity index (χ1n) is 4.84. The molecule has 2 aromatic rings. The zero-order chi connectivity index (χ0) is 13.2. The lowest BCUT2D eigenvalue weighted by Crippen LogP contribution is -2.22. The van der Waals surface area contributed by atoms with E-state index in [1.807, 2.05) is 0 Å². The molecule has 0 saturated carbocycles. The van der Waals surface area contributed by atoms with Crippen molar-refractivity contribution in [3.8, 4) is 0 Å². The van der Waals surface area contributed by atoms with Crippen LogP contribution in [0.25, 0.3) is 0 Å². The molecule has 2 rings (SSSR count). The van der Waals surface area contributed by atoms with E-state index >= 15 is 0 Å². The molecular formula is C10H9NO6S. The highest BCUT2D eigenvalue weighted by molar-refractivity contribution is 7.89. The normalized spacial score (nSPS) is 11.6. The summed E-state index contributed by atoms with van der Waals surface area (Å²) in [6.45, 7) is -0.0432. The summed E-state index contributed by atoms with van der Waals surface area (Å²) in [5.74, 6) is -1.33. The number of aromatic carboxylic acids is 1. The van der Waals surface area contributed by atoms with Crippen LogP contribution in [0.2, 0.25) is 0 Å². The van der Waals surface area contributed by atoms with Gasteiger partial charge >= 0.3 is 5.97 Å². The zero-order valence-corrected chi connectivity index (χ0v) is 9.81. The maximum atomic E-state index is 11.7. The molecule has 0 bridgehead atoms. The fourth-order valence-electron chi connectivity index (χ4n) is 1.23. The van der Waals surface area contributed by atoms with E-state index in [4.69, 9.17) is 13.9 Å². The van der Waals surface area contributed by atoms with E-state index in [0.717, 1.165) is 12.1 Å². The summed E-state index contributed by atoms with van der Waals surface area (Å²) in [7, 11) is -3.89. The Balaban J connectivity index is 2.12. The quantitative estimate of drug-likeness (QED) is 0.841. The van der Waals surface area contributed by atoms with Crippen molar-refractivity contribution >= 4 is 16.0 Å². The van der Waals surface area contributed by atoms with Crippen LogP contribution in [0.4, 0.5) is 0 Å². The molecule has 0 spiro atoms. The van der Waals surface area contributed by atoms with E-state index in [1.54, 1.807) is 12.1 Å². The number of sulfonamides is 1. The highest BCUT2D eigenvalue weighted by Gasteiger charge is 2.20. The van der Waals surface area contributed by atoms with Crippen molar-refractivity contribution < 1.29 is 27.2 Å². The monoisotopic (exact) mass is 271 g/mol. The number of hydrogen-bond acceptors (Lipinski definition) is 5. The van der Waals surface area contributed by atoms with Gasteiger partial charge in [-0.2, -0.15) is 0 Å². The predicted molar refractivity (Wildman–Crippen MR) is 58.4 cm³/mol. The minimum Gasteiger partial charge on any atom is -0.475 e. The number of hydrogen-bond donors (Lipinski definition) is 2. The number of furan rings is 2. The van der Waals surface area contributed by atoms with Gasteiger partial charge in [0.25, 0.3) is 10.0 Å². The van der Waals surface area contributed by atoms with E-state index in [1.165, 1.54) is 6.26 Å². The molecule has 96 valence electrons. The van der Waals surface area contributed by atoms with Gasteiger partial charge < -0.3 is 13.9 Å². The molecule has 0 radical (unpaired) electrons. The molecule has 2 aromatic heterocycles. The Labute approximate surface area is 102 Å². The third-order valence-electron chi connectivity index (χ3n) is 2.07. The minimum atomic E-state index is -3.89. The first-order valence-corrected chi connectivity index (χ1v) is 6.32. The van der Waals surface area contributed by atoms with Gasteiger partial charge in [0.05, 0.1) is 12.8 Å². The number of carboxylic acids is 1. The molecule has 0 aromatic carbocycles. The molecule has 0 saturated heterocycles. The van der Waals surface area contributed by atoms with E-state index in [-0.39, 0.29) is 6.54 Å². The van der Waals surface area contributed by atoms with Gasteiger partial charge in [-0.1, -0.05) is 0 Å². The average Bonchev–Trinajstić information content (AvgIpc) is 2.98. The Morgan fingerprint density at radius 2 is 2.11 bits per heavy atom. The second-order valence-electron chi connectivity index (χ2n) is 3.33. The molecule has 0 atom stereocenters. The topological polar surface area (TPSA) is 110 Å². The fourth-order valence-corrected chi connectivity index (χ4v) is 2.15. The largest absolute Gasteiger partial charge is 0.475 e. The van der Waals surface area contributed by atoms with Crippen LogP contribution in [-0.4, -0.2) is 19.5 Å². The van der Waals surface area contributed by atoms with E-state index in [2.05, 4.69) is 4.72 Å². The van der Waals surface area contributed by atoms with Crippen LogP contribution in [0.5, 0.6) is 0 Å². The number of nitrogens with one attached hydrogen (secondary N) is 1. The van der Waals surface area contributed by atoms with Crippen LogP contribution in [0.15, 0.2) is 44.5 Å². The van der Waals surface area contributed by atoms with Gasteiger partial charge in [0.1, 0.15) is 5.76 Å². The lowest BCUT2D eigenvalue weighted by atomic mass is 10.5. The van der Waals surface area contributed by atoms with Crippen molar-refractivity contribution in [3.63, 3.8) is 0 Å². The second kappa shape index (κ2) is 4.67. The maximum absolute atomic E-state index is 11.7. The summed E-state index contributed by atoms with van der Waals surface area (Å²) in [5.41, 5.74) is 0. The summed E-state index contributed by atoms with van der Waals surface area (Å²) in [4.78, 5) is 10.6. The first kappa shape index (κ1) is 12.4. The molecule has 0 aliphatic rings. The Hall–Kier alpha value is -2.06. The highest BCUT2D eigenvalue weighted by atomic mass is 32.2. The molecular weight excluding hydrogens is 262 g/mol. The predicted octanol–water partition coefficient (Wildman–Crippen LogP) is 1.05. The standard InChI is InChI=1S/C10H9NO6S/c12-10(13)8-3-4-9(17-8)18(14,15)11-6-7-2-1-5-16-7/h1-5,11H,6H2,(H,12,13). The third-order valence-corrected chi connectivity index (χ3v) is 3.35. The van der Waals surface area contributed by atoms with Gasteiger partial charge in [0.2, 0.25) is 10.9 Å².